The van der Waals surface area contributed by atoms with Gasteiger partial charge in [-0.2, -0.15) is 0 Å². The molecule has 1 amide bonds. The van der Waals surface area contributed by atoms with E-state index in [1.165, 1.54) is 0 Å². The van der Waals surface area contributed by atoms with Gasteiger partial charge in [0.1, 0.15) is 12.6 Å². The number of carbonyl (C=O) groups excluding carboxylic acids is 1. The lowest BCUT2D eigenvalue weighted by Crippen LogP contribution is -2.33. The largest absolute Gasteiger partial charge is 0.458 e. The topological polar surface area (TPSA) is 60.2 Å². The molecule has 0 bridgehead atoms. The summed E-state index contributed by atoms with van der Waals surface area (Å²) < 4.78 is 7.90. The summed E-state index contributed by atoms with van der Waals surface area (Å²) >= 11 is 0. The normalized spacial score (nSPS) is 17.0. The zero-order valence-electron chi connectivity index (χ0n) is 15.1. The SMILES string of the molecule is Cc1cc(C)nc(O[C@@H]2CCN(C(=O)Cn3ccc4ccccc43)C2)n1. The molecule has 134 valence electrons. The molecule has 0 saturated carbocycles. The molecule has 1 aliphatic rings. The van der Waals surface area contributed by atoms with E-state index >= 15 is 0 Å². The molecule has 2 aromatic heterocycles. The molecule has 4 rings (SSSR count). The molecule has 0 aliphatic carbocycles. The lowest BCUT2D eigenvalue weighted by Gasteiger charge is -2.17. The van der Waals surface area contributed by atoms with Gasteiger partial charge in [0.15, 0.2) is 0 Å². The molecule has 1 aliphatic heterocycles. The fourth-order valence-corrected chi connectivity index (χ4v) is 3.47. The first kappa shape index (κ1) is 16.6. The van der Waals surface area contributed by atoms with Crippen LogP contribution in [0.3, 0.4) is 0 Å². The fraction of sp³-hybridized carbons (Fsp3) is 0.350. The van der Waals surface area contributed by atoms with E-state index in [1.54, 1.807) is 0 Å². The highest BCUT2D eigenvalue weighted by Gasteiger charge is 2.28. The van der Waals surface area contributed by atoms with Crippen molar-refractivity contribution in [3.63, 3.8) is 0 Å². The molecule has 1 aromatic carbocycles. The number of rotatable bonds is 4. The van der Waals surface area contributed by atoms with Crippen molar-refractivity contribution in [1.82, 2.24) is 19.4 Å². The Morgan fingerprint density at radius 2 is 1.96 bits per heavy atom. The number of amides is 1. The van der Waals surface area contributed by atoms with Gasteiger partial charge >= 0.3 is 6.01 Å². The van der Waals surface area contributed by atoms with Crippen LogP contribution in [0.2, 0.25) is 0 Å². The molecule has 3 heterocycles. The summed E-state index contributed by atoms with van der Waals surface area (Å²) in [5, 5.41) is 1.15. The highest BCUT2D eigenvalue weighted by molar-refractivity contribution is 5.83. The standard InChI is InChI=1S/C20H22N4O2/c1-14-11-15(2)22-20(21-14)26-17-8-10-24(12-17)19(25)13-23-9-7-16-5-3-4-6-18(16)23/h3-7,9,11,17H,8,10,12-13H2,1-2H3/t17-/m1/s1. The van der Waals surface area contributed by atoms with Gasteiger partial charge in [0.2, 0.25) is 5.91 Å². The first-order chi connectivity index (χ1) is 12.6. The van der Waals surface area contributed by atoms with Crippen molar-refractivity contribution >= 4 is 16.8 Å². The predicted molar refractivity (Wildman–Crippen MR) is 99.1 cm³/mol. The molecule has 3 aromatic rings. The van der Waals surface area contributed by atoms with Gasteiger partial charge in [-0.3, -0.25) is 4.79 Å². The Labute approximate surface area is 152 Å². The predicted octanol–water partition coefficient (Wildman–Crippen LogP) is 2.73. The number of para-hydroxylation sites is 1. The Morgan fingerprint density at radius 3 is 2.77 bits per heavy atom. The number of fused-ring (bicyclic) bond motifs is 1. The Morgan fingerprint density at radius 1 is 1.19 bits per heavy atom. The van der Waals surface area contributed by atoms with Gasteiger partial charge in [-0.15, -0.1) is 0 Å². The van der Waals surface area contributed by atoms with Crippen LogP contribution in [0.5, 0.6) is 6.01 Å². The van der Waals surface area contributed by atoms with Gasteiger partial charge in [0.25, 0.3) is 0 Å². The van der Waals surface area contributed by atoms with Crippen LogP contribution in [0.4, 0.5) is 0 Å². The second-order valence-corrected chi connectivity index (χ2v) is 6.80. The average molecular weight is 350 g/mol. The highest BCUT2D eigenvalue weighted by atomic mass is 16.5. The summed E-state index contributed by atoms with van der Waals surface area (Å²) in [6.07, 6.45) is 2.71. The maximum atomic E-state index is 12.7. The van der Waals surface area contributed by atoms with Crippen molar-refractivity contribution in [2.45, 2.75) is 32.9 Å². The first-order valence-electron chi connectivity index (χ1n) is 8.89. The molecule has 1 fully saturated rings. The molecule has 0 radical (unpaired) electrons. The average Bonchev–Trinajstić information content (AvgIpc) is 3.22. The van der Waals surface area contributed by atoms with Crippen LogP contribution >= 0.6 is 0 Å². The number of benzene rings is 1. The highest BCUT2D eigenvalue weighted by Crippen LogP contribution is 2.18. The van der Waals surface area contributed by atoms with Crippen LogP contribution in [0, 0.1) is 13.8 Å². The molecule has 1 atom stereocenters. The van der Waals surface area contributed by atoms with Crippen molar-refractivity contribution in [2.75, 3.05) is 13.1 Å². The summed E-state index contributed by atoms with van der Waals surface area (Å²) in [7, 11) is 0. The van der Waals surface area contributed by atoms with Crippen LogP contribution in [-0.2, 0) is 11.3 Å². The molecule has 1 saturated heterocycles. The quantitative estimate of drug-likeness (QED) is 0.726. The molecular formula is C20H22N4O2. The molecule has 6 heteroatoms. The maximum absolute atomic E-state index is 12.7. The van der Waals surface area contributed by atoms with Crippen LogP contribution < -0.4 is 4.74 Å². The number of aromatic nitrogens is 3. The third-order valence-corrected chi connectivity index (χ3v) is 4.72. The van der Waals surface area contributed by atoms with Crippen molar-refractivity contribution in [2.24, 2.45) is 0 Å². The Kier molecular flexibility index (Phi) is 4.32. The van der Waals surface area contributed by atoms with Gasteiger partial charge in [-0.25, -0.2) is 9.97 Å². The molecule has 26 heavy (non-hydrogen) atoms. The molecule has 6 nitrogen and oxygen atoms in total. The summed E-state index contributed by atoms with van der Waals surface area (Å²) in [6, 6.07) is 12.4. The van der Waals surface area contributed by atoms with Crippen LogP contribution in [-0.4, -0.2) is 44.5 Å². The number of hydrogen-bond donors (Lipinski definition) is 0. The van der Waals surface area contributed by atoms with E-state index in [1.807, 2.05) is 59.8 Å². The Hall–Kier alpha value is -2.89. The Bertz CT molecular complexity index is 930. The third-order valence-electron chi connectivity index (χ3n) is 4.72. The van der Waals surface area contributed by atoms with Crippen LogP contribution in [0.15, 0.2) is 42.6 Å². The van der Waals surface area contributed by atoms with Gasteiger partial charge in [-0.05, 0) is 37.4 Å². The summed E-state index contributed by atoms with van der Waals surface area (Å²) in [5.41, 5.74) is 2.85. The number of nitrogens with zero attached hydrogens (tertiary/aromatic N) is 4. The van der Waals surface area contributed by atoms with E-state index in [0.717, 1.165) is 28.7 Å². The van der Waals surface area contributed by atoms with E-state index < -0.39 is 0 Å². The summed E-state index contributed by atoms with van der Waals surface area (Å²) in [5.74, 6) is 0.110. The third kappa shape index (κ3) is 3.40. The minimum Gasteiger partial charge on any atom is -0.458 e. The van der Waals surface area contributed by atoms with E-state index in [9.17, 15) is 4.79 Å². The lowest BCUT2D eigenvalue weighted by atomic mass is 10.2. The van der Waals surface area contributed by atoms with Gasteiger partial charge in [0, 0.05) is 36.1 Å². The molecule has 0 unspecified atom stereocenters. The number of hydrogen-bond acceptors (Lipinski definition) is 4. The van der Waals surface area contributed by atoms with Gasteiger partial charge < -0.3 is 14.2 Å². The summed E-state index contributed by atoms with van der Waals surface area (Å²) in [4.78, 5) is 23.2. The van der Waals surface area contributed by atoms with Crippen molar-refractivity contribution < 1.29 is 9.53 Å². The fourth-order valence-electron chi connectivity index (χ4n) is 3.47. The number of carbonyl (C=O) groups is 1. The van der Waals surface area contributed by atoms with Crippen molar-refractivity contribution in [3.8, 4) is 6.01 Å². The van der Waals surface area contributed by atoms with Crippen molar-refractivity contribution in [1.29, 1.82) is 0 Å². The maximum Gasteiger partial charge on any atom is 0.317 e. The Balaban J connectivity index is 1.39. The first-order valence-corrected chi connectivity index (χ1v) is 8.89. The molecular weight excluding hydrogens is 328 g/mol. The van der Waals surface area contributed by atoms with Gasteiger partial charge in [0.05, 0.1) is 6.54 Å². The smallest absolute Gasteiger partial charge is 0.317 e. The molecule has 0 spiro atoms. The molecule has 0 N–H and O–H groups in total. The van der Waals surface area contributed by atoms with Crippen LogP contribution in [0.1, 0.15) is 17.8 Å². The van der Waals surface area contributed by atoms with E-state index in [2.05, 4.69) is 16.0 Å². The zero-order chi connectivity index (χ0) is 18.1. The zero-order valence-corrected chi connectivity index (χ0v) is 15.1. The van der Waals surface area contributed by atoms with Crippen LogP contribution in [0.25, 0.3) is 10.9 Å². The number of likely N-dealkylation sites (tertiary alicyclic amines) is 1. The number of aryl methyl sites for hydroxylation is 2. The van der Waals surface area contributed by atoms with E-state index in [4.69, 9.17) is 4.74 Å². The lowest BCUT2D eigenvalue weighted by molar-refractivity contribution is -0.131. The monoisotopic (exact) mass is 350 g/mol. The second kappa shape index (κ2) is 6.78. The van der Waals surface area contributed by atoms with E-state index in [-0.39, 0.29) is 12.0 Å². The van der Waals surface area contributed by atoms with Crippen molar-refractivity contribution in [3.05, 3.63) is 54.0 Å². The summed E-state index contributed by atoms with van der Waals surface area (Å²) in [6.45, 7) is 5.48. The number of ether oxygens (including phenoxy) is 1. The second-order valence-electron chi connectivity index (χ2n) is 6.80. The minimum atomic E-state index is -0.0541. The minimum absolute atomic E-state index is 0.0541. The van der Waals surface area contributed by atoms with E-state index in [0.29, 0.717) is 25.6 Å². The van der Waals surface area contributed by atoms with Gasteiger partial charge in [-0.1, -0.05) is 18.2 Å².